The topological polar surface area (TPSA) is 54.2 Å². The van der Waals surface area contributed by atoms with Crippen LogP contribution in [0.3, 0.4) is 0 Å². The molecule has 1 fully saturated rings. The van der Waals surface area contributed by atoms with E-state index in [1.54, 1.807) is 0 Å². The predicted octanol–water partition coefficient (Wildman–Crippen LogP) is 2.23. The summed E-state index contributed by atoms with van der Waals surface area (Å²) < 4.78 is 5.68. The van der Waals surface area contributed by atoms with Gasteiger partial charge in [0.1, 0.15) is 0 Å². The van der Waals surface area contributed by atoms with E-state index in [2.05, 4.69) is 27.3 Å². The van der Waals surface area contributed by atoms with Gasteiger partial charge < -0.3 is 14.6 Å². The molecule has 0 aliphatic carbocycles. The van der Waals surface area contributed by atoms with E-state index >= 15 is 0 Å². The summed E-state index contributed by atoms with van der Waals surface area (Å²) in [6.45, 7) is 7.22. The zero-order chi connectivity index (χ0) is 14.5. The Morgan fingerprint density at radius 3 is 2.67 bits per heavy atom. The Morgan fingerprint density at radius 1 is 1.14 bits per heavy atom. The van der Waals surface area contributed by atoms with E-state index in [9.17, 15) is 0 Å². The molecular weight excluding hydrogens is 264 g/mol. The summed E-state index contributed by atoms with van der Waals surface area (Å²) in [4.78, 5) is 2.48. The van der Waals surface area contributed by atoms with Crippen LogP contribution in [0.1, 0.15) is 24.3 Å². The third kappa shape index (κ3) is 3.89. The van der Waals surface area contributed by atoms with Gasteiger partial charge in [-0.3, -0.25) is 0 Å². The molecule has 0 spiro atoms. The number of aromatic nitrogens is 2. The molecule has 0 atom stereocenters. The lowest BCUT2D eigenvalue weighted by atomic mass is 10.1. The number of rotatable bonds is 6. The highest BCUT2D eigenvalue weighted by Crippen LogP contribution is 2.18. The highest BCUT2D eigenvalue weighted by molar-refractivity contribution is 5.52. The second-order valence-corrected chi connectivity index (χ2v) is 5.59. The zero-order valence-corrected chi connectivity index (χ0v) is 12.5. The van der Waals surface area contributed by atoms with Crippen molar-refractivity contribution in [3.05, 3.63) is 35.7 Å². The SMILES string of the molecule is Cc1ccc(-c2nnc(CNCCN3CCCC3)o2)cc1. The smallest absolute Gasteiger partial charge is 0.247 e. The van der Waals surface area contributed by atoms with Crippen LogP contribution in [-0.2, 0) is 6.54 Å². The van der Waals surface area contributed by atoms with E-state index in [-0.39, 0.29) is 0 Å². The maximum absolute atomic E-state index is 5.68. The molecule has 1 N–H and O–H groups in total. The molecule has 21 heavy (non-hydrogen) atoms. The minimum atomic E-state index is 0.589. The molecule has 1 aliphatic rings. The van der Waals surface area contributed by atoms with Crippen molar-refractivity contribution in [1.82, 2.24) is 20.4 Å². The molecule has 1 aromatic heterocycles. The average molecular weight is 286 g/mol. The van der Waals surface area contributed by atoms with Crippen molar-refractivity contribution >= 4 is 0 Å². The Kier molecular flexibility index (Phi) is 4.62. The maximum Gasteiger partial charge on any atom is 0.247 e. The molecular formula is C16H22N4O. The fourth-order valence-electron chi connectivity index (χ4n) is 2.58. The molecule has 1 aliphatic heterocycles. The number of likely N-dealkylation sites (tertiary alicyclic amines) is 1. The van der Waals surface area contributed by atoms with E-state index in [0.717, 1.165) is 18.7 Å². The average Bonchev–Trinajstić information content (AvgIpc) is 3.16. The molecule has 0 bridgehead atoms. The summed E-state index contributed by atoms with van der Waals surface area (Å²) in [5, 5.41) is 11.6. The van der Waals surface area contributed by atoms with Crippen LogP contribution in [0.15, 0.2) is 28.7 Å². The van der Waals surface area contributed by atoms with Crippen LogP contribution in [0, 0.1) is 6.92 Å². The Balaban J connectivity index is 1.47. The molecule has 0 radical (unpaired) electrons. The van der Waals surface area contributed by atoms with Gasteiger partial charge in [-0.15, -0.1) is 10.2 Å². The van der Waals surface area contributed by atoms with Crippen molar-refractivity contribution in [2.24, 2.45) is 0 Å². The lowest BCUT2D eigenvalue weighted by molar-refractivity contribution is 0.332. The van der Waals surface area contributed by atoms with Gasteiger partial charge in [-0.05, 0) is 45.0 Å². The Morgan fingerprint density at radius 2 is 1.90 bits per heavy atom. The van der Waals surface area contributed by atoms with Gasteiger partial charge in [0.25, 0.3) is 0 Å². The van der Waals surface area contributed by atoms with Crippen LogP contribution >= 0.6 is 0 Å². The number of nitrogens with zero attached hydrogens (tertiary/aromatic N) is 3. The molecule has 0 unspecified atom stereocenters. The first-order valence-electron chi connectivity index (χ1n) is 7.64. The van der Waals surface area contributed by atoms with Crippen LogP contribution < -0.4 is 5.32 Å². The molecule has 3 rings (SSSR count). The zero-order valence-electron chi connectivity index (χ0n) is 12.5. The molecule has 112 valence electrons. The van der Waals surface area contributed by atoms with Crippen molar-refractivity contribution < 1.29 is 4.42 Å². The van der Waals surface area contributed by atoms with E-state index in [4.69, 9.17) is 4.42 Å². The first-order valence-corrected chi connectivity index (χ1v) is 7.64. The molecule has 5 heteroatoms. The normalized spacial score (nSPS) is 15.7. The largest absolute Gasteiger partial charge is 0.419 e. The van der Waals surface area contributed by atoms with Gasteiger partial charge in [-0.2, -0.15) is 0 Å². The highest BCUT2D eigenvalue weighted by Gasteiger charge is 2.11. The van der Waals surface area contributed by atoms with Crippen LogP contribution in [0.25, 0.3) is 11.5 Å². The van der Waals surface area contributed by atoms with Crippen LogP contribution in [0.2, 0.25) is 0 Å². The fraction of sp³-hybridized carbons (Fsp3) is 0.500. The monoisotopic (exact) mass is 286 g/mol. The van der Waals surface area contributed by atoms with Crippen molar-refractivity contribution in [1.29, 1.82) is 0 Å². The van der Waals surface area contributed by atoms with Crippen molar-refractivity contribution in [2.45, 2.75) is 26.3 Å². The minimum Gasteiger partial charge on any atom is -0.419 e. The van der Waals surface area contributed by atoms with Crippen molar-refractivity contribution in [3.8, 4) is 11.5 Å². The van der Waals surface area contributed by atoms with E-state index in [0.29, 0.717) is 18.3 Å². The third-order valence-electron chi connectivity index (χ3n) is 3.85. The number of aryl methyl sites for hydroxylation is 1. The first kappa shape index (κ1) is 14.2. The molecule has 2 aromatic rings. The Labute approximate surface area is 125 Å². The van der Waals surface area contributed by atoms with Gasteiger partial charge in [-0.1, -0.05) is 17.7 Å². The van der Waals surface area contributed by atoms with Gasteiger partial charge in [-0.25, -0.2) is 0 Å². The molecule has 2 heterocycles. The molecule has 1 saturated heterocycles. The van der Waals surface area contributed by atoms with Crippen LogP contribution in [-0.4, -0.2) is 41.3 Å². The third-order valence-corrected chi connectivity index (χ3v) is 3.85. The molecule has 0 saturated carbocycles. The molecule has 5 nitrogen and oxygen atoms in total. The molecule has 0 amide bonds. The van der Waals surface area contributed by atoms with Gasteiger partial charge in [0, 0.05) is 18.7 Å². The summed E-state index contributed by atoms with van der Waals surface area (Å²) in [6.07, 6.45) is 2.67. The van der Waals surface area contributed by atoms with Gasteiger partial charge in [0.15, 0.2) is 0 Å². The van der Waals surface area contributed by atoms with E-state index in [1.165, 1.54) is 31.5 Å². The number of benzene rings is 1. The van der Waals surface area contributed by atoms with Crippen LogP contribution in [0.5, 0.6) is 0 Å². The second-order valence-electron chi connectivity index (χ2n) is 5.59. The number of hydrogen-bond acceptors (Lipinski definition) is 5. The lowest BCUT2D eigenvalue weighted by Crippen LogP contribution is -2.29. The summed E-state index contributed by atoms with van der Waals surface area (Å²) in [5.41, 5.74) is 2.19. The van der Waals surface area contributed by atoms with Crippen LogP contribution in [0.4, 0.5) is 0 Å². The first-order chi connectivity index (χ1) is 10.3. The molecule has 1 aromatic carbocycles. The summed E-state index contributed by atoms with van der Waals surface area (Å²) >= 11 is 0. The van der Waals surface area contributed by atoms with Gasteiger partial charge in [0.2, 0.25) is 11.8 Å². The number of hydrogen-bond donors (Lipinski definition) is 1. The van der Waals surface area contributed by atoms with Crippen molar-refractivity contribution in [2.75, 3.05) is 26.2 Å². The van der Waals surface area contributed by atoms with E-state index < -0.39 is 0 Å². The lowest BCUT2D eigenvalue weighted by Gasteiger charge is -2.13. The van der Waals surface area contributed by atoms with Crippen molar-refractivity contribution in [3.63, 3.8) is 0 Å². The van der Waals surface area contributed by atoms with Gasteiger partial charge in [0.05, 0.1) is 6.54 Å². The summed E-state index contributed by atoms with van der Waals surface area (Å²) in [6, 6.07) is 8.11. The summed E-state index contributed by atoms with van der Waals surface area (Å²) in [5.74, 6) is 1.23. The van der Waals surface area contributed by atoms with Gasteiger partial charge >= 0.3 is 0 Å². The Hall–Kier alpha value is -1.72. The predicted molar refractivity (Wildman–Crippen MR) is 81.9 cm³/mol. The quantitative estimate of drug-likeness (QED) is 0.825. The standard InChI is InChI=1S/C16H22N4O/c1-13-4-6-14(7-5-13)16-19-18-15(21-16)12-17-8-11-20-9-2-3-10-20/h4-7,17H,2-3,8-12H2,1H3. The van der Waals surface area contributed by atoms with E-state index in [1.807, 2.05) is 24.3 Å². The minimum absolute atomic E-state index is 0.589. The summed E-state index contributed by atoms with van der Waals surface area (Å²) in [7, 11) is 0. The maximum atomic E-state index is 5.68. The fourth-order valence-corrected chi connectivity index (χ4v) is 2.58. The highest BCUT2D eigenvalue weighted by atomic mass is 16.4. The Bertz CT molecular complexity index is 558. The second kappa shape index (κ2) is 6.83. The number of nitrogens with one attached hydrogen (secondary N) is 1.